The molecule has 37 heavy (non-hydrogen) atoms. The Hall–Kier alpha value is -3.39. The maximum atomic E-state index is 13.7. The van der Waals surface area contributed by atoms with Gasteiger partial charge in [-0.05, 0) is 66.1 Å². The van der Waals surface area contributed by atoms with Crippen molar-refractivity contribution in [1.29, 1.82) is 0 Å². The molecule has 3 aromatic rings. The van der Waals surface area contributed by atoms with Gasteiger partial charge in [0.2, 0.25) is 5.88 Å². The molecule has 1 fully saturated rings. The predicted octanol–water partition coefficient (Wildman–Crippen LogP) is 5.92. The van der Waals surface area contributed by atoms with E-state index >= 15 is 0 Å². The number of benzene rings is 2. The average molecular weight is 510 g/mol. The third kappa shape index (κ3) is 3.98. The van der Waals surface area contributed by atoms with Crippen molar-refractivity contribution in [2.75, 3.05) is 6.61 Å². The summed E-state index contributed by atoms with van der Waals surface area (Å²) in [5.41, 5.74) is 2.78. The molecule has 0 spiro atoms. The molecular formula is C29H26F3NO4. The Bertz CT molecular complexity index is 1390. The normalized spacial score (nSPS) is 25.3. The van der Waals surface area contributed by atoms with Gasteiger partial charge < -0.3 is 14.2 Å². The van der Waals surface area contributed by atoms with Crippen LogP contribution in [0.5, 0.6) is 5.88 Å². The summed E-state index contributed by atoms with van der Waals surface area (Å²) >= 11 is 0. The van der Waals surface area contributed by atoms with Crippen LogP contribution in [0, 0.1) is 11.8 Å². The number of pyridine rings is 1. The maximum Gasteiger partial charge on any atom is 0.416 e. The second kappa shape index (κ2) is 8.58. The summed E-state index contributed by atoms with van der Waals surface area (Å²) in [6.07, 6.45) is -1.89. The Balaban J connectivity index is 1.20. The second-order valence-electron chi connectivity index (χ2n) is 10.0. The highest BCUT2D eigenvalue weighted by Crippen LogP contribution is 2.62. The Morgan fingerprint density at radius 1 is 1.14 bits per heavy atom. The third-order valence-corrected chi connectivity index (χ3v) is 7.88. The minimum Gasteiger partial charge on any atom is -0.473 e. The van der Waals surface area contributed by atoms with Gasteiger partial charge >= 0.3 is 12.1 Å². The summed E-state index contributed by atoms with van der Waals surface area (Å²) < 4.78 is 58.4. The molecule has 2 aromatic carbocycles. The smallest absolute Gasteiger partial charge is 0.416 e. The van der Waals surface area contributed by atoms with Crippen molar-refractivity contribution < 1.29 is 32.2 Å². The van der Waals surface area contributed by atoms with Crippen LogP contribution in [0.1, 0.15) is 58.7 Å². The van der Waals surface area contributed by atoms with Crippen LogP contribution in [0.15, 0.2) is 54.7 Å². The quantitative estimate of drug-likeness (QED) is 0.386. The standard InChI is InChI=1S/C29H26F3NO4/c1-3-35-27(34)26-19-11-18-12-24(33-13-20(18)25(19)26)36-14-16-8-9-17-15-37-28(2,23(17)10-16)21-6-4-5-7-22(21)29(30,31)32/h4-10,12-13,19,25-26H,3,11,14-15H2,1-2H3/t19-,25-,26+,28?/m1/s1. The van der Waals surface area contributed by atoms with Gasteiger partial charge in [0.25, 0.3) is 0 Å². The number of carbonyl (C=O) groups is 1. The molecule has 0 amide bonds. The first kappa shape index (κ1) is 24.0. The Labute approximate surface area is 212 Å². The molecule has 0 saturated heterocycles. The number of ether oxygens (including phenoxy) is 3. The van der Waals surface area contributed by atoms with Gasteiger partial charge in [0.05, 0.1) is 24.7 Å². The zero-order chi connectivity index (χ0) is 25.9. The SMILES string of the molecule is CCOC(=O)[C@H]1[C@@H]2Cc3cc(OCc4ccc5c(c4)C(C)(c4ccccc4C(F)(F)F)OC5)ncc3[C@@H]21. The van der Waals surface area contributed by atoms with Crippen LogP contribution in [0.4, 0.5) is 13.2 Å². The molecule has 0 radical (unpaired) electrons. The van der Waals surface area contributed by atoms with Gasteiger partial charge in [0, 0.05) is 23.7 Å². The number of esters is 1. The molecule has 1 aromatic heterocycles. The molecule has 0 bridgehead atoms. The van der Waals surface area contributed by atoms with E-state index < -0.39 is 17.3 Å². The van der Waals surface area contributed by atoms with Crippen molar-refractivity contribution in [1.82, 2.24) is 4.98 Å². The lowest BCUT2D eigenvalue weighted by molar-refractivity contribution is -0.145. The Morgan fingerprint density at radius 3 is 2.73 bits per heavy atom. The van der Waals surface area contributed by atoms with Crippen molar-refractivity contribution >= 4 is 5.97 Å². The Kier molecular flexibility index (Phi) is 5.56. The fourth-order valence-electron chi connectivity index (χ4n) is 6.02. The highest BCUT2D eigenvalue weighted by molar-refractivity contribution is 5.79. The van der Waals surface area contributed by atoms with Gasteiger partial charge in [-0.25, -0.2) is 4.98 Å². The molecule has 1 unspecified atom stereocenters. The van der Waals surface area contributed by atoms with E-state index in [0.717, 1.165) is 34.7 Å². The van der Waals surface area contributed by atoms with Crippen LogP contribution in [0.25, 0.3) is 0 Å². The van der Waals surface area contributed by atoms with Gasteiger partial charge in [-0.15, -0.1) is 0 Å². The summed E-state index contributed by atoms with van der Waals surface area (Å²) in [6.45, 7) is 4.33. The second-order valence-corrected chi connectivity index (χ2v) is 10.0. The molecule has 3 aliphatic rings. The van der Waals surface area contributed by atoms with Crippen LogP contribution in [-0.2, 0) is 45.7 Å². The molecule has 2 heterocycles. The van der Waals surface area contributed by atoms with Gasteiger partial charge in [-0.1, -0.05) is 30.3 Å². The highest BCUT2D eigenvalue weighted by atomic mass is 19.4. The lowest BCUT2D eigenvalue weighted by Crippen LogP contribution is -2.26. The first-order valence-corrected chi connectivity index (χ1v) is 12.4. The Morgan fingerprint density at radius 2 is 1.95 bits per heavy atom. The maximum absolute atomic E-state index is 13.7. The molecule has 6 rings (SSSR count). The van der Waals surface area contributed by atoms with Crippen molar-refractivity contribution in [3.05, 3.63) is 93.7 Å². The number of carbonyl (C=O) groups excluding carboxylic acids is 1. The van der Waals surface area contributed by atoms with E-state index in [1.165, 1.54) is 12.1 Å². The third-order valence-electron chi connectivity index (χ3n) is 7.88. The van der Waals surface area contributed by atoms with Crippen LogP contribution in [0.2, 0.25) is 0 Å². The summed E-state index contributed by atoms with van der Waals surface area (Å²) in [5, 5.41) is 0. The van der Waals surface area contributed by atoms with E-state index in [0.29, 0.717) is 18.1 Å². The van der Waals surface area contributed by atoms with Crippen LogP contribution in [0.3, 0.4) is 0 Å². The van der Waals surface area contributed by atoms with E-state index in [-0.39, 0.29) is 42.5 Å². The number of fused-ring (bicyclic) bond motifs is 4. The fraction of sp³-hybridized carbons (Fsp3) is 0.379. The molecule has 8 heteroatoms. The van der Waals surface area contributed by atoms with Gasteiger partial charge in [-0.3, -0.25) is 4.79 Å². The van der Waals surface area contributed by atoms with E-state index in [1.807, 2.05) is 31.2 Å². The van der Waals surface area contributed by atoms with E-state index in [9.17, 15) is 18.0 Å². The number of hydrogen-bond acceptors (Lipinski definition) is 5. The van der Waals surface area contributed by atoms with Gasteiger partial charge in [-0.2, -0.15) is 13.2 Å². The summed E-state index contributed by atoms with van der Waals surface area (Å²) in [7, 11) is 0. The molecule has 4 atom stereocenters. The predicted molar refractivity (Wildman–Crippen MR) is 128 cm³/mol. The molecule has 192 valence electrons. The molecular weight excluding hydrogens is 483 g/mol. The first-order chi connectivity index (χ1) is 17.7. The average Bonchev–Trinajstić information content (AvgIpc) is 3.31. The number of aromatic nitrogens is 1. The monoisotopic (exact) mass is 509 g/mol. The topological polar surface area (TPSA) is 57.7 Å². The van der Waals surface area contributed by atoms with Crippen LogP contribution in [-0.4, -0.2) is 17.6 Å². The fourth-order valence-corrected chi connectivity index (χ4v) is 6.02. The number of alkyl halides is 3. The van der Waals surface area contributed by atoms with E-state index in [1.54, 1.807) is 19.2 Å². The lowest BCUT2D eigenvalue weighted by Gasteiger charge is -2.29. The minimum absolute atomic E-state index is 0.0635. The number of hydrogen-bond donors (Lipinski definition) is 0. The highest BCUT2D eigenvalue weighted by Gasteiger charge is 2.60. The van der Waals surface area contributed by atoms with Gasteiger partial charge in [0.15, 0.2) is 0 Å². The van der Waals surface area contributed by atoms with Crippen molar-refractivity contribution in [3.63, 3.8) is 0 Å². The molecule has 1 saturated carbocycles. The largest absolute Gasteiger partial charge is 0.473 e. The van der Waals surface area contributed by atoms with Crippen molar-refractivity contribution in [2.45, 2.75) is 51.2 Å². The molecule has 5 nitrogen and oxygen atoms in total. The lowest BCUT2D eigenvalue weighted by atomic mass is 9.83. The van der Waals surface area contributed by atoms with Crippen LogP contribution >= 0.6 is 0 Å². The summed E-state index contributed by atoms with van der Waals surface area (Å²) in [4.78, 5) is 16.6. The van der Waals surface area contributed by atoms with Crippen LogP contribution < -0.4 is 4.74 Å². The molecule has 1 aliphatic heterocycles. The van der Waals surface area contributed by atoms with Crippen molar-refractivity contribution in [2.24, 2.45) is 11.8 Å². The van der Waals surface area contributed by atoms with E-state index in [2.05, 4.69) is 4.98 Å². The minimum atomic E-state index is -4.48. The summed E-state index contributed by atoms with van der Waals surface area (Å²) in [5.74, 6) is 0.750. The zero-order valence-corrected chi connectivity index (χ0v) is 20.5. The van der Waals surface area contributed by atoms with Gasteiger partial charge in [0.1, 0.15) is 12.2 Å². The number of nitrogens with zero attached hydrogens (tertiary/aromatic N) is 1. The zero-order valence-electron chi connectivity index (χ0n) is 20.5. The molecule has 0 N–H and O–H groups in total. The first-order valence-electron chi connectivity index (χ1n) is 12.4. The number of halogens is 3. The summed E-state index contributed by atoms with van der Waals surface area (Å²) in [6, 6.07) is 13.1. The number of rotatable bonds is 6. The van der Waals surface area contributed by atoms with Crippen molar-refractivity contribution in [3.8, 4) is 5.88 Å². The van der Waals surface area contributed by atoms with E-state index in [4.69, 9.17) is 14.2 Å². The molecule has 2 aliphatic carbocycles.